The Morgan fingerprint density at radius 2 is 1.79 bits per heavy atom. The van der Waals surface area contributed by atoms with E-state index in [-0.39, 0.29) is 11.5 Å². The van der Waals surface area contributed by atoms with E-state index in [0.29, 0.717) is 12.5 Å². The van der Waals surface area contributed by atoms with E-state index in [1.165, 1.54) is 0 Å². The van der Waals surface area contributed by atoms with E-state index in [1.807, 2.05) is 6.92 Å². The standard InChI is InChI=1S/C14H26N4O/c1-6-11-12(7-2)17-18-13(16-11)15-9-14(4,5)8-10(3)19/h10,19H,6-9H2,1-5H3,(H,15,16,18). The largest absolute Gasteiger partial charge is 0.393 e. The van der Waals surface area contributed by atoms with Crippen molar-refractivity contribution in [2.45, 2.75) is 60.0 Å². The molecule has 0 spiro atoms. The van der Waals surface area contributed by atoms with Crippen molar-refractivity contribution in [2.75, 3.05) is 11.9 Å². The zero-order valence-corrected chi connectivity index (χ0v) is 12.7. The third-order valence-electron chi connectivity index (χ3n) is 3.08. The Morgan fingerprint density at radius 3 is 2.32 bits per heavy atom. The highest BCUT2D eigenvalue weighted by Crippen LogP contribution is 2.22. The van der Waals surface area contributed by atoms with Gasteiger partial charge >= 0.3 is 0 Å². The Balaban J connectivity index is 2.67. The molecule has 1 rings (SSSR count). The summed E-state index contributed by atoms with van der Waals surface area (Å²) in [5.41, 5.74) is 1.97. The molecule has 0 aliphatic heterocycles. The summed E-state index contributed by atoms with van der Waals surface area (Å²) in [6.07, 6.45) is 2.16. The van der Waals surface area contributed by atoms with E-state index in [2.05, 4.69) is 48.2 Å². The molecule has 1 atom stereocenters. The Labute approximate surface area is 115 Å². The monoisotopic (exact) mass is 266 g/mol. The van der Waals surface area contributed by atoms with Crippen LogP contribution in [-0.2, 0) is 12.8 Å². The highest BCUT2D eigenvalue weighted by atomic mass is 16.3. The zero-order valence-electron chi connectivity index (χ0n) is 12.7. The molecule has 5 nitrogen and oxygen atoms in total. The van der Waals surface area contributed by atoms with E-state index in [4.69, 9.17) is 0 Å². The molecule has 0 saturated heterocycles. The molecule has 1 heterocycles. The van der Waals surface area contributed by atoms with Crippen LogP contribution in [0.15, 0.2) is 0 Å². The molecule has 0 radical (unpaired) electrons. The zero-order chi connectivity index (χ0) is 14.5. The summed E-state index contributed by atoms with van der Waals surface area (Å²) in [4.78, 5) is 4.50. The van der Waals surface area contributed by atoms with Crippen LogP contribution in [0.3, 0.4) is 0 Å². The average molecular weight is 266 g/mol. The van der Waals surface area contributed by atoms with Crippen molar-refractivity contribution in [3.63, 3.8) is 0 Å². The number of aryl methyl sites for hydroxylation is 2. The fraction of sp³-hybridized carbons (Fsp3) is 0.786. The lowest BCUT2D eigenvalue weighted by atomic mass is 9.87. The van der Waals surface area contributed by atoms with E-state index < -0.39 is 0 Å². The predicted molar refractivity (Wildman–Crippen MR) is 77.2 cm³/mol. The Kier molecular flexibility index (Phi) is 5.66. The van der Waals surface area contributed by atoms with Gasteiger partial charge in [0.15, 0.2) is 0 Å². The summed E-state index contributed by atoms with van der Waals surface area (Å²) in [7, 11) is 0. The average Bonchev–Trinajstić information content (AvgIpc) is 2.34. The Hall–Kier alpha value is -1.23. The maximum Gasteiger partial charge on any atom is 0.242 e. The van der Waals surface area contributed by atoms with Crippen molar-refractivity contribution in [1.82, 2.24) is 15.2 Å². The van der Waals surface area contributed by atoms with Crippen LogP contribution in [0, 0.1) is 5.41 Å². The van der Waals surface area contributed by atoms with Crippen molar-refractivity contribution >= 4 is 5.95 Å². The normalized spacial score (nSPS) is 13.4. The number of rotatable bonds is 7. The van der Waals surface area contributed by atoms with Crippen molar-refractivity contribution < 1.29 is 5.11 Å². The number of aromatic nitrogens is 3. The molecule has 1 unspecified atom stereocenters. The van der Waals surface area contributed by atoms with Gasteiger partial charge in [-0.2, -0.15) is 5.10 Å². The molecule has 0 fully saturated rings. The molecule has 108 valence electrons. The van der Waals surface area contributed by atoms with Gasteiger partial charge in [-0.1, -0.05) is 27.7 Å². The molecule has 1 aromatic heterocycles. The number of nitrogens with one attached hydrogen (secondary N) is 1. The highest BCUT2D eigenvalue weighted by Gasteiger charge is 2.20. The molecule has 0 bridgehead atoms. The number of hydrogen-bond acceptors (Lipinski definition) is 5. The minimum atomic E-state index is -0.301. The first-order valence-corrected chi connectivity index (χ1v) is 7.02. The summed E-state index contributed by atoms with van der Waals surface area (Å²) >= 11 is 0. The first kappa shape index (κ1) is 15.8. The molecule has 0 aliphatic rings. The van der Waals surface area contributed by atoms with E-state index in [0.717, 1.165) is 30.7 Å². The topological polar surface area (TPSA) is 70.9 Å². The second-order valence-corrected chi connectivity index (χ2v) is 5.81. The molecule has 0 aromatic carbocycles. The van der Waals surface area contributed by atoms with Gasteiger partial charge in [0.1, 0.15) is 0 Å². The van der Waals surface area contributed by atoms with Crippen molar-refractivity contribution in [2.24, 2.45) is 5.41 Å². The van der Waals surface area contributed by atoms with Crippen LogP contribution in [0.5, 0.6) is 0 Å². The maximum absolute atomic E-state index is 9.46. The number of nitrogens with zero attached hydrogens (tertiary/aromatic N) is 3. The van der Waals surface area contributed by atoms with Crippen LogP contribution in [0.25, 0.3) is 0 Å². The molecule has 0 amide bonds. The van der Waals surface area contributed by atoms with Gasteiger partial charge in [0.25, 0.3) is 0 Å². The van der Waals surface area contributed by atoms with Crippen LogP contribution in [0.2, 0.25) is 0 Å². The molecular weight excluding hydrogens is 240 g/mol. The third-order valence-corrected chi connectivity index (χ3v) is 3.08. The SMILES string of the molecule is CCc1nnc(NCC(C)(C)CC(C)O)nc1CC. The van der Waals surface area contributed by atoms with Gasteiger partial charge in [-0.25, -0.2) is 4.98 Å². The summed E-state index contributed by atoms with van der Waals surface area (Å²) in [6.45, 7) is 10.9. The second-order valence-electron chi connectivity index (χ2n) is 5.81. The quantitative estimate of drug-likeness (QED) is 0.791. The van der Waals surface area contributed by atoms with Gasteiger partial charge in [-0.05, 0) is 31.6 Å². The van der Waals surface area contributed by atoms with E-state index in [9.17, 15) is 5.11 Å². The van der Waals surface area contributed by atoms with Crippen LogP contribution in [0.1, 0.15) is 52.4 Å². The molecule has 0 aliphatic carbocycles. The molecular formula is C14H26N4O. The Morgan fingerprint density at radius 1 is 1.16 bits per heavy atom. The fourth-order valence-corrected chi connectivity index (χ4v) is 2.20. The smallest absolute Gasteiger partial charge is 0.242 e. The third kappa shape index (κ3) is 5.11. The molecule has 2 N–H and O–H groups in total. The minimum absolute atomic E-state index is 0.00661. The van der Waals surface area contributed by atoms with Crippen molar-refractivity contribution in [3.8, 4) is 0 Å². The molecule has 0 saturated carbocycles. The number of hydrogen-bond donors (Lipinski definition) is 2. The summed E-state index contributed by atoms with van der Waals surface area (Å²) in [5.74, 6) is 0.577. The predicted octanol–water partition coefficient (Wildman–Crippen LogP) is 2.21. The van der Waals surface area contributed by atoms with Crippen LogP contribution in [-0.4, -0.2) is 32.9 Å². The summed E-state index contributed by atoms with van der Waals surface area (Å²) < 4.78 is 0. The molecule has 5 heteroatoms. The van der Waals surface area contributed by atoms with Gasteiger partial charge < -0.3 is 10.4 Å². The second kappa shape index (κ2) is 6.80. The first-order valence-electron chi connectivity index (χ1n) is 7.02. The Bertz CT molecular complexity index is 404. The molecule has 1 aromatic rings. The maximum atomic E-state index is 9.46. The number of aliphatic hydroxyl groups is 1. The van der Waals surface area contributed by atoms with Crippen molar-refractivity contribution in [1.29, 1.82) is 0 Å². The highest BCUT2D eigenvalue weighted by molar-refractivity contribution is 5.26. The van der Waals surface area contributed by atoms with Gasteiger partial charge in [0.2, 0.25) is 5.95 Å². The van der Waals surface area contributed by atoms with Gasteiger partial charge in [0, 0.05) is 6.54 Å². The van der Waals surface area contributed by atoms with E-state index >= 15 is 0 Å². The van der Waals surface area contributed by atoms with Gasteiger partial charge in [0.05, 0.1) is 17.5 Å². The van der Waals surface area contributed by atoms with Crippen LogP contribution >= 0.6 is 0 Å². The van der Waals surface area contributed by atoms with E-state index in [1.54, 1.807) is 0 Å². The summed E-state index contributed by atoms with van der Waals surface area (Å²) in [5, 5.41) is 21.0. The molecule has 19 heavy (non-hydrogen) atoms. The van der Waals surface area contributed by atoms with Crippen LogP contribution < -0.4 is 5.32 Å². The lowest BCUT2D eigenvalue weighted by molar-refractivity contribution is 0.135. The summed E-state index contributed by atoms with van der Waals surface area (Å²) in [6, 6.07) is 0. The number of aliphatic hydroxyl groups excluding tert-OH is 1. The van der Waals surface area contributed by atoms with Gasteiger partial charge in [-0.3, -0.25) is 0 Å². The van der Waals surface area contributed by atoms with Gasteiger partial charge in [-0.15, -0.1) is 5.10 Å². The van der Waals surface area contributed by atoms with Crippen molar-refractivity contribution in [3.05, 3.63) is 11.4 Å². The first-order chi connectivity index (χ1) is 8.88. The number of anilines is 1. The minimum Gasteiger partial charge on any atom is -0.393 e. The lowest BCUT2D eigenvalue weighted by Crippen LogP contribution is -2.28. The fourth-order valence-electron chi connectivity index (χ4n) is 2.20. The lowest BCUT2D eigenvalue weighted by Gasteiger charge is -2.26. The van der Waals surface area contributed by atoms with Crippen LogP contribution in [0.4, 0.5) is 5.95 Å².